The topological polar surface area (TPSA) is 58.5 Å². The number of benzene rings is 1. The van der Waals surface area contributed by atoms with Gasteiger partial charge in [-0.2, -0.15) is 0 Å². The summed E-state index contributed by atoms with van der Waals surface area (Å²) in [6.45, 7) is 4.63. The Labute approximate surface area is 118 Å². The Balaban J connectivity index is 2.32. The van der Waals surface area contributed by atoms with Gasteiger partial charge in [0.05, 0.1) is 5.69 Å². The van der Waals surface area contributed by atoms with Crippen LogP contribution in [-0.2, 0) is 6.54 Å². The molecule has 0 saturated heterocycles. The van der Waals surface area contributed by atoms with E-state index in [1.54, 1.807) is 0 Å². The lowest BCUT2D eigenvalue weighted by Gasteiger charge is -2.20. The van der Waals surface area contributed by atoms with Gasteiger partial charge in [0.15, 0.2) is 11.5 Å². The molecule has 0 atom stereocenters. The van der Waals surface area contributed by atoms with Gasteiger partial charge in [0.2, 0.25) is 0 Å². The van der Waals surface area contributed by atoms with E-state index in [2.05, 4.69) is 15.1 Å². The lowest BCUT2D eigenvalue weighted by Crippen LogP contribution is -2.18. The summed E-state index contributed by atoms with van der Waals surface area (Å²) in [5.41, 5.74) is 2.17. The molecule has 0 aliphatic rings. The second-order valence-corrected chi connectivity index (χ2v) is 5.02. The standard InChI is InChI=1S/C15H18N4O/c1-11(2)13-14(18-20)15(17-10-16-13)19(3)9-12-7-5-4-6-8-12/h4-8,10-11H,9H2,1-3H3. The van der Waals surface area contributed by atoms with Gasteiger partial charge in [-0.15, -0.1) is 4.91 Å². The number of nitrogens with zero attached hydrogens (tertiary/aromatic N) is 4. The highest BCUT2D eigenvalue weighted by atomic mass is 16.3. The summed E-state index contributed by atoms with van der Waals surface area (Å²) in [5.74, 6) is 0.706. The van der Waals surface area contributed by atoms with E-state index in [-0.39, 0.29) is 5.92 Å². The minimum absolute atomic E-state index is 0.134. The Kier molecular flexibility index (Phi) is 4.40. The van der Waals surface area contributed by atoms with Crippen LogP contribution in [0.3, 0.4) is 0 Å². The normalized spacial score (nSPS) is 10.6. The molecular formula is C15H18N4O. The highest BCUT2D eigenvalue weighted by Crippen LogP contribution is 2.32. The SMILES string of the molecule is CC(C)c1ncnc(N(C)Cc2ccccc2)c1N=O. The third-order valence-corrected chi connectivity index (χ3v) is 3.09. The summed E-state index contributed by atoms with van der Waals surface area (Å²) in [4.78, 5) is 21.4. The van der Waals surface area contributed by atoms with Crippen molar-refractivity contribution in [3.63, 3.8) is 0 Å². The molecule has 20 heavy (non-hydrogen) atoms. The number of nitroso groups, excluding NO2 is 1. The van der Waals surface area contributed by atoms with Crippen LogP contribution in [0, 0.1) is 4.91 Å². The van der Waals surface area contributed by atoms with Gasteiger partial charge in [0.1, 0.15) is 6.33 Å². The smallest absolute Gasteiger partial charge is 0.172 e. The second-order valence-electron chi connectivity index (χ2n) is 5.02. The number of hydrogen-bond acceptors (Lipinski definition) is 5. The van der Waals surface area contributed by atoms with Crippen molar-refractivity contribution in [3.8, 4) is 0 Å². The van der Waals surface area contributed by atoms with Crippen LogP contribution in [0.1, 0.15) is 31.0 Å². The van der Waals surface area contributed by atoms with Crippen LogP contribution in [0.2, 0.25) is 0 Å². The van der Waals surface area contributed by atoms with E-state index in [1.807, 2.05) is 56.1 Å². The molecular weight excluding hydrogens is 252 g/mol. The van der Waals surface area contributed by atoms with Crippen LogP contribution in [0.5, 0.6) is 0 Å². The molecule has 0 aliphatic heterocycles. The Morgan fingerprint density at radius 3 is 2.50 bits per heavy atom. The molecule has 0 N–H and O–H groups in total. The van der Waals surface area contributed by atoms with Crippen LogP contribution in [0.25, 0.3) is 0 Å². The summed E-state index contributed by atoms with van der Waals surface area (Å²) >= 11 is 0. The van der Waals surface area contributed by atoms with Crippen molar-refractivity contribution in [2.75, 3.05) is 11.9 Å². The van der Waals surface area contributed by atoms with E-state index < -0.39 is 0 Å². The maximum absolute atomic E-state index is 11.2. The molecule has 0 spiro atoms. The number of hydrogen-bond donors (Lipinski definition) is 0. The molecule has 0 amide bonds. The fourth-order valence-electron chi connectivity index (χ4n) is 2.10. The van der Waals surface area contributed by atoms with Gasteiger partial charge in [-0.1, -0.05) is 44.2 Å². The first-order valence-electron chi connectivity index (χ1n) is 6.56. The molecule has 0 unspecified atom stereocenters. The molecule has 1 aromatic heterocycles. The summed E-state index contributed by atoms with van der Waals surface area (Å²) in [6.07, 6.45) is 1.49. The van der Waals surface area contributed by atoms with Crippen molar-refractivity contribution >= 4 is 11.5 Å². The molecule has 2 aromatic rings. The van der Waals surface area contributed by atoms with Crippen LogP contribution >= 0.6 is 0 Å². The third-order valence-electron chi connectivity index (χ3n) is 3.09. The van der Waals surface area contributed by atoms with Crippen molar-refractivity contribution in [1.82, 2.24) is 9.97 Å². The van der Waals surface area contributed by atoms with Crippen molar-refractivity contribution < 1.29 is 0 Å². The molecule has 0 radical (unpaired) electrons. The van der Waals surface area contributed by atoms with E-state index in [0.717, 1.165) is 5.56 Å². The van der Waals surface area contributed by atoms with Crippen molar-refractivity contribution in [2.24, 2.45) is 5.18 Å². The average molecular weight is 270 g/mol. The summed E-state index contributed by atoms with van der Waals surface area (Å²) in [6, 6.07) is 10.0. The number of aromatic nitrogens is 2. The Morgan fingerprint density at radius 1 is 1.20 bits per heavy atom. The summed E-state index contributed by atoms with van der Waals surface area (Å²) < 4.78 is 0. The molecule has 0 bridgehead atoms. The zero-order valence-electron chi connectivity index (χ0n) is 11.9. The number of rotatable bonds is 5. The first-order chi connectivity index (χ1) is 9.63. The van der Waals surface area contributed by atoms with Gasteiger partial charge in [-0.05, 0) is 16.7 Å². The quantitative estimate of drug-likeness (QED) is 0.778. The van der Waals surface area contributed by atoms with Gasteiger partial charge in [-0.25, -0.2) is 9.97 Å². The second kappa shape index (κ2) is 6.23. The first kappa shape index (κ1) is 14.1. The van der Waals surface area contributed by atoms with E-state index in [0.29, 0.717) is 23.7 Å². The monoisotopic (exact) mass is 270 g/mol. The van der Waals surface area contributed by atoms with Gasteiger partial charge in [0, 0.05) is 13.6 Å². The molecule has 0 aliphatic carbocycles. The van der Waals surface area contributed by atoms with Crippen LogP contribution in [0.4, 0.5) is 11.5 Å². The average Bonchev–Trinajstić information content (AvgIpc) is 2.47. The first-order valence-corrected chi connectivity index (χ1v) is 6.56. The zero-order valence-corrected chi connectivity index (χ0v) is 11.9. The van der Waals surface area contributed by atoms with Gasteiger partial charge in [0.25, 0.3) is 0 Å². The van der Waals surface area contributed by atoms with E-state index in [4.69, 9.17) is 0 Å². The molecule has 0 saturated carbocycles. The third kappa shape index (κ3) is 2.99. The van der Waals surface area contributed by atoms with E-state index in [1.165, 1.54) is 6.33 Å². The van der Waals surface area contributed by atoms with Crippen molar-refractivity contribution in [3.05, 3.63) is 52.8 Å². The molecule has 2 rings (SSSR count). The molecule has 5 nitrogen and oxygen atoms in total. The molecule has 0 fully saturated rings. The minimum atomic E-state index is 0.134. The van der Waals surface area contributed by atoms with Gasteiger partial charge in [-0.3, -0.25) is 0 Å². The maximum atomic E-state index is 11.2. The lowest BCUT2D eigenvalue weighted by atomic mass is 10.1. The summed E-state index contributed by atoms with van der Waals surface area (Å²) in [7, 11) is 1.90. The lowest BCUT2D eigenvalue weighted by molar-refractivity contribution is 0.803. The van der Waals surface area contributed by atoms with E-state index in [9.17, 15) is 4.91 Å². The fourth-order valence-corrected chi connectivity index (χ4v) is 2.10. The predicted octanol–water partition coefficient (Wildman–Crippen LogP) is 3.63. The maximum Gasteiger partial charge on any atom is 0.172 e. The zero-order chi connectivity index (χ0) is 14.5. The Morgan fingerprint density at radius 2 is 1.90 bits per heavy atom. The van der Waals surface area contributed by atoms with E-state index >= 15 is 0 Å². The highest BCUT2D eigenvalue weighted by molar-refractivity contribution is 5.64. The Bertz CT molecular complexity index is 584. The molecule has 1 aromatic carbocycles. The van der Waals surface area contributed by atoms with Gasteiger partial charge < -0.3 is 4.90 Å². The van der Waals surface area contributed by atoms with Crippen LogP contribution in [0.15, 0.2) is 41.8 Å². The highest BCUT2D eigenvalue weighted by Gasteiger charge is 2.17. The van der Waals surface area contributed by atoms with Crippen molar-refractivity contribution in [2.45, 2.75) is 26.3 Å². The minimum Gasteiger partial charge on any atom is -0.353 e. The predicted molar refractivity (Wildman–Crippen MR) is 80.1 cm³/mol. The summed E-state index contributed by atoms with van der Waals surface area (Å²) in [5, 5.41) is 3.14. The number of anilines is 1. The fraction of sp³-hybridized carbons (Fsp3) is 0.333. The largest absolute Gasteiger partial charge is 0.353 e. The Hall–Kier alpha value is -2.30. The molecule has 5 heteroatoms. The van der Waals surface area contributed by atoms with Gasteiger partial charge >= 0.3 is 0 Å². The molecule has 104 valence electrons. The van der Waals surface area contributed by atoms with Crippen LogP contribution < -0.4 is 4.90 Å². The van der Waals surface area contributed by atoms with Crippen molar-refractivity contribution in [1.29, 1.82) is 0 Å². The van der Waals surface area contributed by atoms with Crippen LogP contribution in [-0.4, -0.2) is 17.0 Å². The molecule has 1 heterocycles.